The largest absolute Gasteiger partial charge is 0.383 e. The van der Waals surface area contributed by atoms with E-state index in [1.807, 2.05) is 6.07 Å². The van der Waals surface area contributed by atoms with E-state index in [2.05, 4.69) is 31.3 Å². The third kappa shape index (κ3) is 3.51. The Bertz CT molecular complexity index is 1330. The van der Waals surface area contributed by atoms with Gasteiger partial charge in [0.25, 0.3) is 0 Å². The molecule has 1 aliphatic heterocycles. The van der Waals surface area contributed by atoms with Gasteiger partial charge in [0.15, 0.2) is 5.65 Å². The van der Waals surface area contributed by atoms with Gasteiger partial charge in [-0.15, -0.1) is 0 Å². The molecule has 8 nitrogen and oxygen atoms in total. The summed E-state index contributed by atoms with van der Waals surface area (Å²) in [7, 11) is 0. The van der Waals surface area contributed by atoms with Crippen molar-refractivity contribution in [3.63, 3.8) is 0 Å². The van der Waals surface area contributed by atoms with E-state index in [9.17, 15) is 9.18 Å². The summed E-state index contributed by atoms with van der Waals surface area (Å²) in [5.74, 6) is 0.202. The first-order chi connectivity index (χ1) is 14.9. The Morgan fingerprint density at radius 3 is 2.90 bits per heavy atom. The molecule has 3 N–H and O–H groups in total. The number of benzene rings is 1. The monoisotopic (exact) mass is 483 g/mol. The fourth-order valence-electron chi connectivity index (χ4n) is 3.72. The summed E-state index contributed by atoms with van der Waals surface area (Å²) < 4.78 is 15.9. The molecule has 4 aromatic rings. The number of rotatable bonds is 4. The van der Waals surface area contributed by atoms with Gasteiger partial charge in [0.1, 0.15) is 11.6 Å². The lowest BCUT2D eigenvalue weighted by Crippen LogP contribution is -2.59. The maximum atomic E-state index is 13.7. The van der Waals surface area contributed by atoms with E-state index in [0.717, 1.165) is 16.8 Å². The number of carbonyl (C=O) groups is 1. The predicted octanol–water partition coefficient (Wildman–Crippen LogP) is 2.75. The molecule has 1 fully saturated rings. The van der Waals surface area contributed by atoms with Gasteiger partial charge in [-0.1, -0.05) is 0 Å². The van der Waals surface area contributed by atoms with Crippen molar-refractivity contribution in [3.05, 3.63) is 52.6 Å². The average molecular weight is 484 g/mol. The highest BCUT2D eigenvalue weighted by Gasteiger charge is 2.28. The Morgan fingerprint density at radius 2 is 2.13 bits per heavy atom. The quantitative estimate of drug-likeness (QED) is 0.462. The molecule has 31 heavy (non-hydrogen) atoms. The number of pyridine rings is 1. The lowest BCUT2D eigenvalue weighted by Gasteiger charge is -2.39. The van der Waals surface area contributed by atoms with E-state index in [-0.39, 0.29) is 17.8 Å². The molecule has 0 spiro atoms. The number of likely N-dealkylation sites (tertiary alicyclic amines) is 1. The number of carbonyl (C=O) groups excluding carboxylic acids is 1. The van der Waals surface area contributed by atoms with Gasteiger partial charge < -0.3 is 16.0 Å². The van der Waals surface area contributed by atoms with Crippen molar-refractivity contribution < 1.29 is 9.18 Å². The summed E-state index contributed by atoms with van der Waals surface area (Å²) in [5, 5.41) is 8.49. The van der Waals surface area contributed by atoms with Gasteiger partial charge in [-0.2, -0.15) is 9.61 Å². The van der Waals surface area contributed by atoms with Gasteiger partial charge in [0.05, 0.1) is 21.9 Å². The molecule has 1 amide bonds. The van der Waals surface area contributed by atoms with Gasteiger partial charge in [-0.3, -0.25) is 9.78 Å². The number of aromatic nitrogens is 4. The lowest BCUT2D eigenvalue weighted by molar-refractivity contribution is -0.133. The zero-order valence-electron chi connectivity index (χ0n) is 16.6. The first-order valence-corrected chi connectivity index (χ1v) is 10.6. The van der Waals surface area contributed by atoms with Crippen LogP contribution in [0.25, 0.3) is 27.7 Å². The van der Waals surface area contributed by atoms with E-state index < -0.39 is 0 Å². The van der Waals surface area contributed by atoms with Crippen molar-refractivity contribution in [2.75, 3.05) is 18.8 Å². The molecule has 5 rings (SSSR count). The molecule has 0 radical (unpaired) electrons. The maximum absolute atomic E-state index is 13.7. The Kier molecular flexibility index (Phi) is 4.82. The molecule has 0 atom stereocenters. The number of fused-ring (bicyclic) bond motifs is 2. The van der Waals surface area contributed by atoms with Crippen LogP contribution in [-0.4, -0.2) is 49.5 Å². The third-order valence-corrected chi connectivity index (χ3v) is 6.39. The van der Waals surface area contributed by atoms with Crippen LogP contribution >= 0.6 is 15.9 Å². The lowest BCUT2D eigenvalue weighted by atomic mass is 10.1. The highest BCUT2D eigenvalue weighted by Crippen LogP contribution is 2.31. The second kappa shape index (κ2) is 7.54. The van der Waals surface area contributed by atoms with Crippen molar-refractivity contribution in [1.82, 2.24) is 29.8 Å². The maximum Gasteiger partial charge on any atom is 0.219 e. The minimum absolute atomic E-state index is 0.0794. The van der Waals surface area contributed by atoms with Crippen molar-refractivity contribution in [3.8, 4) is 11.1 Å². The highest BCUT2D eigenvalue weighted by molar-refractivity contribution is 9.10. The number of nitrogens with two attached hydrogens (primary N) is 1. The van der Waals surface area contributed by atoms with E-state index in [0.29, 0.717) is 46.5 Å². The first-order valence-electron chi connectivity index (χ1n) is 9.77. The molecule has 3 aromatic heterocycles. The third-order valence-electron chi connectivity index (χ3n) is 5.53. The number of hydrogen-bond acceptors (Lipinski definition) is 6. The Morgan fingerprint density at radius 1 is 1.32 bits per heavy atom. The number of halogens is 2. The van der Waals surface area contributed by atoms with Crippen LogP contribution < -0.4 is 11.1 Å². The second-order valence-corrected chi connectivity index (χ2v) is 8.41. The van der Waals surface area contributed by atoms with Crippen LogP contribution in [-0.2, 0) is 11.3 Å². The SMILES string of the molecule is CC(=O)N1CC(NCc2nc3c(-c4cnc5ccc(F)cc5c4)cnn3c(N)c2Br)C1. The Hall–Kier alpha value is -3.11. The van der Waals surface area contributed by atoms with Crippen LogP contribution in [0.2, 0.25) is 0 Å². The Balaban J connectivity index is 1.48. The molecule has 1 aliphatic rings. The van der Waals surface area contributed by atoms with Crippen molar-refractivity contribution in [2.45, 2.75) is 19.5 Å². The molecule has 0 bridgehead atoms. The standard InChI is InChI=1S/C21H19BrFN7O/c1-11(31)29-9-15(10-29)25-8-18-19(22)20(24)30-21(28-18)16(7-27-30)13-4-12-5-14(23)2-3-17(12)26-6-13/h2-7,15,25H,8-10,24H2,1H3. The fourth-order valence-corrected chi connectivity index (χ4v) is 4.12. The Labute approximate surface area is 185 Å². The summed E-state index contributed by atoms with van der Waals surface area (Å²) in [6.07, 6.45) is 3.40. The van der Waals surface area contributed by atoms with Crippen LogP contribution in [0.3, 0.4) is 0 Å². The van der Waals surface area contributed by atoms with Gasteiger partial charge in [0, 0.05) is 55.3 Å². The normalized spacial score (nSPS) is 14.4. The molecular formula is C21H19BrFN7O. The van der Waals surface area contributed by atoms with Gasteiger partial charge in [0.2, 0.25) is 5.91 Å². The molecular weight excluding hydrogens is 465 g/mol. The zero-order chi connectivity index (χ0) is 21.7. The number of nitrogens with zero attached hydrogens (tertiary/aromatic N) is 5. The molecule has 1 aromatic carbocycles. The number of hydrogen-bond donors (Lipinski definition) is 2. The fraction of sp³-hybridized carbons (Fsp3) is 0.238. The summed E-state index contributed by atoms with van der Waals surface area (Å²) in [5.41, 5.74) is 9.88. The van der Waals surface area contributed by atoms with E-state index in [1.165, 1.54) is 12.1 Å². The van der Waals surface area contributed by atoms with Crippen LogP contribution in [0, 0.1) is 5.82 Å². The molecule has 0 saturated carbocycles. The van der Waals surface area contributed by atoms with Gasteiger partial charge in [-0.25, -0.2) is 9.37 Å². The van der Waals surface area contributed by atoms with Crippen LogP contribution in [0.1, 0.15) is 12.6 Å². The van der Waals surface area contributed by atoms with Crippen molar-refractivity contribution in [1.29, 1.82) is 0 Å². The van der Waals surface area contributed by atoms with Crippen LogP contribution in [0.4, 0.5) is 10.2 Å². The van der Waals surface area contributed by atoms with Gasteiger partial charge in [-0.05, 0) is 40.2 Å². The minimum Gasteiger partial charge on any atom is -0.383 e. The van der Waals surface area contributed by atoms with Crippen molar-refractivity contribution in [2.24, 2.45) is 0 Å². The molecule has 4 heterocycles. The van der Waals surface area contributed by atoms with E-state index in [1.54, 1.807) is 34.8 Å². The molecule has 0 aliphatic carbocycles. The second-order valence-electron chi connectivity index (χ2n) is 7.61. The van der Waals surface area contributed by atoms with Crippen LogP contribution in [0.5, 0.6) is 0 Å². The van der Waals surface area contributed by atoms with E-state index >= 15 is 0 Å². The van der Waals surface area contributed by atoms with Crippen molar-refractivity contribution >= 4 is 44.2 Å². The van der Waals surface area contributed by atoms with Crippen LogP contribution in [0.15, 0.2) is 41.1 Å². The average Bonchev–Trinajstić information content (AvgIpc) is 3.13. The predicted molar refractivity (Wildman–Crippen MR) is 119 cm³/mol. The zero-order valence-corrected chi connectivity index (χ0v) is 18.2. The summed E-state index contributed by atoms with van der Waals surface area (Å²) in [6.45, 7) is 3.42. The summed E-state index contributed by atoms with van der Waals surface area (Å²) in [4.78, 5) is 22.4. The molecule has 1 saturated heterocycles. The van der Waals surface area contributed by atoms with E-state index in [4.69, 9.17) is 10.7 Å². The summed E-state index contributed by atoms with van der Waals surface area (Å²) >= 11 is 3.53. The highest BCUT2D eigenvalue weighted by atomic mass is 79.9. The van der Waals surface area contributed by atoms with Gasteiger partial charge >= 0.3 is 0 Å². The number of amides is 1. The summed E-state index contributed by atoms with van der Waals surface area (Å²) in [6, 6.07) is 6.58. The first kappa shape index (κ1) is 19.8. The minimum atomic E-state index is -0.315. The molecule has 0 unspecified atom stereocenters. The smallest absolute Gasteiger partial charge is 0.219 e. The number of nitrogens with one attached hydrogen (secondary N) is 1. The number of nitrogen functional groups attached to an aromatic ring is 1. The topological polar surface area (TPSA) is 101 Å². The molecule has 158 valence electrons. The molecule has 10 heteroatoms. The number of anilines is 1.